The molecule has 1 amide bonds. The van der Waals surface area contributed by atoms with Gasteiger partial charge in [0, 0.05) is 30.4 Å². The molecule has 0 spiro atoms. The number of carbonyl (C=O) groups excluding carboxylic acids is 1. The SMILES string of the molecule is Cn1nc(-c2ccccc2Cl)cc1C(=O)Nc1cc(F)c(F)c(F)c1. The van der Waals surface area contributed by atoms with Gasteiger partial charge in [-0.1, -0.05) is 29.8 Å². The standard InChI is InChI=1S/C17H11ClF3N3O/c1-24-15(8-14(23-24)10-4-2-3-5-11(10)18)17(25)22-9-6-12(19)16(21)13(20)7-9/h2-8H,1H3,(H,22,25). The van der Waals surface area contributed by atoms with E-state index in [4.69, 9.17) is 11.6 Å². The predicted molar refractivity (Wildman–Crippen MR) is 87.9 cm³/mol. The Balaban J connectivity index is 1.90. The molecule has 0 saturated heterocycles. The van der Waals surface area contributed by atoms with Crippen molar-refractivity contribution in [3.05, 3.63) is 70.6 Å². The Morgan fingerprint density at radius 1 is 1.12 bits per heavy atom. The number of aromatic nitrogens is 2. The fourth-order valence-corrected chi connectivity index (χ4v) is 2.54. The largest absolute Gasteiger partial charge is 0.320 e. The molecule has 3 rings (SSSR count). The van der Waals surface area contributed by atoms with E-state index in [1.54, 1.807) is 31.3 Å². The molecule has 8 heteroatoms. The van der Waals surface area contributed by atoms with Crippen LogP contribution in [0.1, 0.15) is 10.5 Å². The maximum absolute atomic E-state index is 13.2. The van der Waals surface area contributed by atoms with Gasteiger partial charge in [0.05, 0.1) is 10.7 Å². The lowest BCUT2D eigenvalue weighted by Crippen LogP contribution is -2.16. The van der Waals surface area contributed by atoms with Crippen LogP contribution < -0.4 is 5.32 Å². The zero-order valence-corrected chi connectivity index (χ0v) is 13.6. The molecule has 1 N–H and O–H groups in total. The van der Waals surface area contributed by atoms with Gasteiger partial charge in [-0.2, -0.15) is 5.10 Å². The maximum Gasteiger partial charge on any atom is 0.273 e. The van der Waals surface area contributed by atoms with Gasteiger partial charge in [-0.15, -0.1) is 0 Å². The highest BCUT2D eigenvalue weighted by atomic mass is 35.5. The fraction of sp³-hybridized carbons (Fsp3) is 0.0588. The van der Waals surface area contributed by atoms with Gasteiger partial charge >= 0.3 is 0 Å². The molecule has 0 saturated carbocycles. The zero-order chi connectivity index (χ0) is 18.1. The highest BCUT2D eigenvalue weighted by molar-refractivity contribution is 6.33. The second-order valence-electron chi connectivity index (χ2n) is 5.23. The summed E-state index contributed by atoms with van der Waals surface area (Å²) < 4.78 is 40.8. The lowest BCUT2D eigenvalue weighted by atomic mass is 10.1. The molecule has 0 aliphatic rings. The first kappa shape index (κ1) is 17.0. The lowest BCUT2D eigenvalue weighted by molar-refractivity contribution is 0.101. The van der Waals surface area contributed by atoms with Crippen LogP contribution in [0, 0.1) is 17.5 Å². The highest BCUT2D eigenvalue weighted by Gasteiger charge is 2.17. The summed E-state index contributed by atoms with van der Waals surface area (Å²) >= 11 is 6.11. The van der Waals surface area contributed by atoms with Crippen LogP contribution in [0.2, 0.25) is 5.02 Å². The molecule has 0 bridgehead atoms. The number of nitrogens with one attached hydrogen (secondary N) is 1. The number of nitrogens with zero attached hydrogens (tertiary/aromatic N) is 2. The number of amides is 1. The first-order chi connectivity index (χ1) is 11.9. The molecule has 0 aliphatic carbocycles. The van der Waals surface area contributed by atoms with Crippen LogP contribution in [0.25, 0.3) is 11.3 Å². The van der Waals surface area contributed by atoms with Crippen LogP contribution in [0.3, 0.4) is 0 Å². The summed E-state index contributed by atoms with van der Waals surface area (Å²) in [6.45, 7) is 0. The Kier molecular flexibility index (Phi) is 4.50. The Bertz CT molecular complexity index is 949. The van der Waals surface area contributed by atoms with E-state index in [1.807, 2.05) is 0 Å². The normalized spacial score (nSPS) is 10.8. The summed E-state index contributed by atoms with van der Waals surface area (Å²) in [6.07, 6.45) is 0. The van der Waals surface area contributed by atoms with E-state index in [0.717, 1.165) is 0 Å². The van der Waals surface area contributed by atoms with E-state index in [0.29, 0.717) is 28.4 Å². The molecule has 0 atom stereocenters. The zero-order valence-electron chi connectivity index (χ0n) is 12.9. The molecule has 0 unspecified atom stereocenters. The number of halogens is 4. The average molecular weight is 366 g/mol. The predicted octanol–water partition coefficient (Wildman–Crippen LogP) is 4.41. The molecule has 3 aromatic rings. The monoisotopic (exact) mass is 365 g/mol. The van der Waals surface area contributed by atoms with Crippen molar-refractivity contribution < 1.29 is 18.0 Å². The van der Waals surface area contributed by atoms with Gasteiger partial charge in [-0.05, 0) is 12.1 Å². The summed E-state index contributed by atoms with van der Waals surface area (Å²) in [5.74, 6) is -5.03. The van der Waals surface area contributed by atoms with E-state index >= 15 is 0 Å². The van der Waals surface area contributed by atoms with E-state index in [-0.39, 0.29) is 11.4 Å². The average Bonchev–Trinajstić information content (AvgIpc) is 2.94. The quantitative estimate of drug-likeness (QED) is 0.699. The summed E-state index contributed by atoms with van der Waals surface area (Å²) in [5.41, 5.74) is 1.04. The third kappa shape index (κ3) is 3.36. The van der Waals surface area contributed by atoms with Gasteiger partial charge in [0.1, 0.15) is 5.69 Å². The maximum atomic E-state index is 13.2. The number of hydrogen-bond donors (Lipinski definition) is 1. The topological polar surface area (TPSA) is 46.9 Å². The first-order valence-electron chi connectivity index (χ1n) is 7.11. The van der Waals surface area contributed by atoms with Crippen molar-refractivity contribution in [1.29, 1.82) is 0 Å². The third-order valence-electron chi connectivity index (χ3n) is 3.50. The van der Waals surface area contributed by atoms with Crippen LogP contribution in [0.5, 0.6) is 0 Å². The molecular formula is C17H11ClF3N3O. The molecule has 1 aromatic heterocycles. The van der Waals surface area contributed by atoms with Crippen molar-refractivity contribution in [2.45, 2.75) is 0 Å². The van der Waals surface area contributed by atoms with Crippen molar-refractivity contribution in [3.8, 4) is 11.3 Å². The van der Waals surface area contributed by atoms with Crippen LogP contribution in [-0.4, -0.2) is 15.7 Å². The number of aryl methyl sites for hydroxylation is 1. The van der Waals surface area contributed by atoms with Crippen molar-refractivity contribution in [1.82, 2.24) is 9.78 Å². The lowest BCUT2D eigenvalue weighted by Gasteiger charge is -2.06. The van der Waals surface area contributed by atoms with E-state index in [1.165, 1.54) is 10.7 Å². The Hall–Kier alpha value is -2.80. The minimum Gasteiger partial charge on any atom is -0.320 e. The van der Waals surface area contributed by atoms with Gasteiger partial charge in [-0.3, -0.25) is 9.48 Å². The van der Waals surface area contributed by atoms with Crippen molar-refractivity contribution >= 4 is 23.2 Å². The molecule has 2 aromatic carbocycles. The third-order valence-corrected chi connectivity index (χ3v) is 3.83. The minimum absolute atomic E-state index is 0.139. The molecule has 1 heterocycles. The first-order valence-corrected chi connectivity index (χ1v) is 7.49. The number of rotatable bonds is 3. The molecule has 0 radical (unpaired) electrons. The van der Waals surface area contributed by atoms with E-state index in [2.05, 4.69) is 10.4 Å². The second-order valence-corrected chi connectivity index (χ2v) is 5.63. The van der Waals surface area contributed by atoms with Crippen LogP contribution in [0.4, 0.5) is 18.9 Å². The summed E-state index contributed by atoms with van der Waals surface area (Å²) in [5, 5.41) is 6.99. The van der Waals surface area contributed by atoms with Gasteiger partial charge in [0.2, 0.25) is 0 Å². The summed E-state index contributed by atoms with van der Waals surface area (Å²) in [4.78, 5) is 12.3. The van der Waals surface area contributed by atoms with Gasteiger partial charge in [-0.25, -0.2) is 13.2 Å². The molecule has 25 heavy (non-hydrogen) atoms. The molecule has 0 fully saturated rings. The Labute approximate surface area is 145 Å². The van der Waals surface area contributed by atoms with E-state index < -0.39 is 23.4 Å². The van der Waals surface area contributed by atoms with Crippen LogP contribution >= 0.6 is 11.6 Å². The van der Waals surface area contributed by atoms with Crippen molar-refractivity contribution in [2.75, 3.05) is 5.32 Å². The van der Waals surface area contributed by atoms with Gasteiger partial charge in [0.25, 0.3) is 5.91 Å². The fourth-order valence-electron chi connectivity index (χ4n) is 2.30. The smallest absolute Gasteiger partial charge is 0.273 e. The number of hydrogen-bond acceptors (Lipinski definition) is 2. The van der Waals surface area contributed by atoms with E-state index in [9.17, 15) is 18.0 Å². The van der Waals surface area contributed by atoms with Crippen LogP contribution in [0.15, 0.2) is 42.5 Å². The number of anilines is 1. The molecular weight excluding hydrogens is 355 g/mol. The Morgan fingerprint density at radius 3 is 2.40 bits per heavy atom. The van der Waals surface area contributed by atoms with Gasteiger partial charge in [0.15, 0.2) is 17.5 Å². The highest BCUT2D eigenvalue weighted by Crippen LogP contribution is 2.27. The number of benzene rings is 2. The number of carbonyl (C=O) groups is 1. The van der Waals surface area contributed by atoms with Crippen molar-refractivity contribution in [2.24, 2.45) is 7.05 Å². The summed E-state index contributed by atoms with van der Waals surface area (Å²) in [6, 6.07) is 9.86. The minimum atomic E-state index is -1.60. The Morgan fingerprint density at radius 2 is 1.76 bits per heavy atom. The molecule has 128 valence electrons. The molecule has 0 aliphatic heterocycles. The second kappa shape index (κ2) is 6.60. The molecule has 4 nitrogen and oxygen atoms in total. The van der Waals surface area contributed by atoms with Gasteiger partial charge < -0.3 is 5.32 Å². The van der Waals surface area contributed by atoms with Crippen LogP contribution in [-0.2, 0) is 7.05 Å². The van der Waals surface area contributed by atoms with Crippen molar-refractivity contribution in [3.63, 3.8) is 0 Å². The summed E-state index contributed by atoms with van der Waals surface area (Å²) in [7, 11) is 1.54.